The van der Waals surface area contributed by atoms with E-state index in [2.05, 4.69) is 53.4 Å². The van der Waals surface area contributed by atoms with Gasteiger partial charge in [0.05, 0.1) is 7.11 Å². The summed E-state index contributed by atoms with van der Waals surface area (Å²) in [5, 5.41) is 0. The van der Waals surface area contributed by atoms with Crippen LogP contribution in [0.2, 0.25) is 0 Å². The highest BCUT2D eigenvalue weighted by atomic mass is 16.5. The first-order chi connectivity index (χ1) is 18.2. The number of benzene rings is 4. The second-order valence-electron chi connectivity index (χ2n) is 9.26. The number of amides is 1. The normalized spacial score (nSPS) is 13.8. The number of rotatable bonds is 8. The zero-order valence-electron chi connectivity index (χ0n) is 21.2. The molecule has 188 valence electrons. The molecule has 1 aliphatic heterocycles. The molecule has 5 rings (SSSR count). The van der Waals surface area contributed by atoms with Crippen molar-refractivity contribution >= 4 is 5.91 Å². The fourth-order valence-corrected chi connectivity index (χ4v) is 4.69. The van der Waals surface area contributed by atoms with Gasteiger partial charge in [-0.2, -0.15) is 0 Å². The molecule has 5 heteroatoms. The van der Waals surface area contributed by atoms with E-state index in [0.717, 1.165) is 49.6 Å². The highest BCUT2D eigenvalue weighted by molar-refractivity contribution is 5.94. The Hall–Kier alpha value is -4.09. The highest BCUT2D eigenvalue weighted by Gasteiger charge is 2.23. The van der Waals surface area contributed by atoms with E-state index < -0.39 is 0 Å². The number of nitrogens with zero attached hydrogens (tertiary/aromatic N) is 2. The molecule has 37 heavy (non-hydrogen) atoms. The maximum Gasteiger partial charge on any atom is 0.253 e. The number of carbonyl (C=O) groups is 1. The lowest BCUT2D eigenvalue weighted by Crippen LogP contribution is -2.48. The molecule has 1 fully saturated rings. The molecule has 1 aliphatic rings. The van der Waals surface area contributed by atoms with Gasteiger partial charge in [0.2, 0.25) is 0 Å². The van der Waals surface area contributed by atoms with Crippen molar-refractivity contribution in [1.82, 2.24) is 9.80 Å². The van der Waals surface area contributed by atoms with Crippen molar-refractivity contribution in [3.8, 4) is 22.6 Å². The summed E-state index contributed by atoms with van der Waals surface area (Å²) in [6.45, 7) is 4.41. The summed E-state index contributed by atoms with van der Waals surface area (Å²) in [6.07, 6.45) is 0. The minimum atomic E-state index is 0.0514. The number of carbonyl (C=O) groups excluding carboxylic acids is 1. The molecule has 4 aromatic rings. The zero-order valence-corrected chi connectivity index (χ0v) is 21.2. The van der Waals surface area contributed by atoms with Gasteiger partial charge >= 0.3 is 0 Å². The maximum atomic E-state index is 13.3. The molecule has 1 amide bonds. The van der Waals surface area contributed by atoms with Crippen molar-refractivity contribution in [1.29, 1.82) is 0 Å². The molecule has 0 radical (unpaired) electrons. The average Bonchev–Trinajstić information content (AvgIpc) is 2.97. The van der Waals surface area contributed by atoms with E-state index in [1.807, 2.05) is 59.5 Å². The second kappa shape index (κ2) is 11.8. The lowest BCUT2D eigenvalue weighted by atomic mass is 10.1. The maximum absolute atomic E-state index is 13.3. The molecular weight excluding hydrogens is 460 g/mol. The Labute approximate surface area is 218 Å². The van der Waals surface area contributed by atoms with Crippen LogP contribution >= 0.6 is 0 Å². The minimum absolute atomic E-state index is 0.0514. The molecule has 1 saturated heterocycles. The van der Waals surface area contributed by atoms with Crippen molar-refractivity contribution in [3.63, 3.8) is 0 Å². The van der Waals surface area contributed by atoms with Crippen molar-refractivity contribution in [3.05, 3.63) is 120 Å². The second-order valence-corrected chi connectivity index (χ2v) is 9.26. The number of methoxy groups -OCH3 is 1. The summed E-state index contributed by atoms with van der Waals surface area (Å²) in [5.74, 6) is 1.54. The van der Waals surface area contributed by atoms with Crippen LogP contribution in [0.15, 0.2) is 103 Å². The van der Waals surface area contributed by atoms with Gasteiger partial charge in [0.1, 0.15) is 18.1 Å². The Morgan fingerprint density at radius 2 is 1.41 bits per heavy atom. The lowest BCUT2D eigenvalue weighted by Gasteiger charge is -2.35. The third kappa shape index (κ3) is 6.19. The topological polar surface area (TPSA) is 42.0 Å². The van der Waals surface area contributed by atoms with Crippen LogP contribution < -0.4 is 9.47 Å². The first-order valence-corrected chi connectivity index (χ1v) is 12.7. The first kappa shape index (κ1) is 24.6. The zero-order chi connectivity index (χ0) is 25.5. The monoisotopic (exact) mass is 492 g/mol. The van der Waals surface area contributed by atoms with Gasteiger partial charge in [-0.3, -0.25) is 9.69 Å². The van der Waals surface area contributed by atoms with Crippen LogP contribution in [0, 0.1) is 0 Å². The Morgan fingerprint density at radius 3 is 2.08 bits per heavy atom. The van der Waals surface area contributed by atoms with Gasteiger partial charge in [-0.25, -0.2) is 0 Å². The van der Waals surface area contributed by atoms with E-state index in [4.69, 9.17) is 9.47 Å². The van der Waals surface area contributed by atoms with Crippen molar-refractivity contribution < 1.29 is 14.3 Å². The van der Waals surface area contributed by atoms with Crippen molar-refractivity contribution in [2.45, 2.75) is 13.2 Å². The van der Waals surface area contributed by atoms with Crippen LogP contribution in [0.25, 0.3) is 11.1 Å². The third-order valence-corrected chi connectivity index (χ3v) is 6.79. The molecule has 5 nitrogen and oxygen atoms in total. The van der Waals surface area contributed by atoms with Gasteiger partial charge in [-0.15, -0.1) is 0 Å². The van der Waals surface area contributed by atoms with E-state index in [9.17, 15) is 4.79 Å². The molecule has 0 unspecified atom stereocenters. The summed E-state index contributed by atoms with van der Waals surface area (Å²) in [7, 11) is 1.64. The molecule has 0 saturated carbocycles. The Balaban J connectivity index is 1.20. The summed E-state index contributed by atoms with van der Waals surface area (Å²) in [4.78, 5) is 17.6. The van der Waals surface area contributed by atoms with Crippen LogP contribution in [0.1, 0.15) is 21.5 Å². The van der Waals surface area contributed by atoms with Gasteiger partial charge in [0, 0.05) is 43.9 Å². The predicted molar refractivity (Wildman–Crippen MR) is 147 cm³/mol. The molecule has 0 spiro atoms. The SMILES string of the molecule is COc1ccc(C(=O)N2CCN(Cc3ccccc3)CC2)cc1COc1ccc(-c2ccccc2)cc1. The summed E-state index contributed by atoms with van der Waals surface area (Å²) in [6, 6.07) is 34.4. The first-order valence-electron chi connectivity index (χ1n) is 12.7. The van der Waals surface area contributed by atoms with Gasteiger partial charge in [-0.1, -0.05) is 72.8 Å². The summed E-state index contributed by atoms with van der Waals surface area (Å²) < 4.78 is 11.6. The Kier molecular flexibility index (Phi) is 7.82. The molecule has 1 heterocycles. The summed E-state index contributed by atoms with van der Waals surface area (Å²) >= 11 is 0. The van der Waals surface area contributed by atoms with Crippen molar-refractivity contribution in [2.75, 3.05) is 33.3 Å². The average molecular weight is 493 g/mol. The molecule has 0 atom stereocenters. The van der Waals surface area contributed by atoms with E-state index in [0.29, 0.717) is 17.9 Å². The highest BCUT2D eigenvalue weighted by Crippen LogP contribution is 2.26. The van der Waals surface area contributed by atoms with E-state index in [1.165, 1.54) is 11.1 Å². The van der Waals surface area contributed by atoms with Gasteiger partial charge in [0.25, 0.3) is 5.91 Å². The Morgan fingerprint density at radius 1 is 0.757 bits per heavy atom. The molecule has 0 N–H and O–H groups in total. The van der Waals surface area contributed by atoms with Gasteiger partial charge in [-0.05, 0) is 47.0 Å². The molecule has 4 aromatic carbocycles. The number of ether oxygens (including phenoxy) is 2. The number of piperazine rings is 1. The number of hydrogen-bond donors (Lipinski definition) is 0. The number of hydrogen-bond acceptors (Lipinski definition) is 4. The minimum Gasteiger partial charge on any atom is -0.496 e. The largest absolute Gasteiger partial charge is 0.496 e. The molecular formula is C32H32N2O3. The third-order valence-electron chi connectivity index (χ3n) is 6.79. The summed E-state index contributed by atoms with van der Waals surface area (Å²) in [5.41, 5.74) is 5.13. The quantitative estimate of drug-likeness (QED) is 0.307. The molecule has 0 bridgehead atoms. The smallest absolute Gasteiger partial charge is 0.253 e. The predicted octanol–water partition coefficient (Wildman–Crippen LogP) is 5.90. The van der Waals surface area contributed by atoms with E-state index in [-0.39, 0.29) is 5.91 Å². The van der Waals surface area contributed by atoms with Gasteiger partial charge < -0.3 is 14.4 Å². The van der Waals surface area contributed by atoms with Crippen molar-refractivity contribution in [2.24, 2.45) is 0 Å². The lowest BCUT2D eigenvalue weighted by molar-refractivity contribution is 0.0628. The van der Waals surface area contributed by atoms with E-state index in [1.54, 1.807) is 7.11 Å². The fraction of sp³-hybridized carbons (Fsp3) is 0.219. The Bertz CT molecular complexity index is 1300. The standard InChI is InChI=1S/C32H32N2O3/c1-36-31-17-14-28(32(35)34-20-18-33(19-21-34)23-25-8-4-2-5-9-25)22-29(31)24-37-30-15-12-27(13-16-30)26-10-6-3-7-11-26/h2-17,22H,18-21,23-24H2,1H3. The van der Waals surface area contributed by atoms with Crippen LogP contribution in [0.4, 0.5) is 0 Å². The van der Waals surface area contributed by atoms with Gasteiger partial charge in [0.15, 0.2) is 0 Å². The van der Waals surface area contributed by atoms with E-state index >= 15 is 0 Å². The van der Waals surface area contributed by atoms with Crippen LogP contribution in [0.3, 0.4) is 0 Å². The fourth-order valence-electron chi connectivity index (χ4n) is 4.69. The van der Waals surface area contributed by atoms with Crippen LogP contribution in [0.5, 0.6) is 11.5 Å². The molecule has 0 aromatic heterocycles. The molecule has 0 aliphatic carbocycles. The van der Waals surface area contributed by atoms with Crippen LogP contribution in [-0.4, -0.2) is 49.0 Å². The van der Waals surface area contributed by atoms with Crippen LogP contribution in [-0.2, 0) is 13.2 Å².